The van der Waals surface area contributed by atoms with Gasteiger partial charge in [-0.15, -0.1) is 0 Å². The van der Waals surface area contributed by atoms with Gasteiger partial charge in [-0.2, -0.15) is 26.3 Å². The molecule has 1 aromatic heterocycles. The summed E-state index contributed by atoms with van der Waals surface area (Å²) in [6.45, 7) is 1.69. The summed E-state index contributed by atoms with van der Waals surface area (Å²) in [6.07, 6.45) is -10.3. The van der Waals surface area contributed by atoms with Crippen LogP contribution in [-0.2, 0) is 0 Å². The molecule has 2 unspecified atom stereocenters. The zero-order chi connectivity index (χ0) is 18.1. The number of carbonyl (C=O) groups excluding carboxylic acids is 1. The molecule has 0 aromatic carbocycles. The molecule has 1 amide bonds. The Labute approximate surface area is 134 Å². The highest BCUT2D eigenvalue weighted by Gasteiger charge is 2.52. The number of aromatic nitrogens is 1. The van der Waals surface area contributed by atoms with E-state index in [1.807, 2.05) is 0 Å². The van der Waals surface area contributed by atoms with E-state index in [0.717, 1.165) is 0 Å². The minimum atomic E-state index is -4.72. The number of alkyl halides is 6. The van der Waals surface area contributed by atoms with Crippen LogP contribution in [0.1, 0.15) is 35.3 Å². The van der Waals surface area contributed by atoms with Gasteiger partial charge in [-0.1, -0.05) is 0 Å². The molecule has 1 aliphatic carbocycles. The van der Waals surface area contributed by atoms with Gasteiger partial charge < -0.3 is 5.32 Å². The molecule has 1 aromatic rings. The monoisotopic (exact) mass is 354 g/mol. The number of amides is 1. The molecule has 1 saturated carbocycles. The Hall–Kier alpha value is -1.80. The third-order valence-corrected chi connectivity index (χ3v) is 4.14. The summed E-state index contributed by atoms with van der Waals surface area (Å²) in [5, 5.41) is 2.28. The summed E-state index contributed by atoms with van der Waals surface area (Å²) in [4.78, 5) is 15.9. The van der Waals surface area contributed by atoms with Gasteiger partial charge in [0.25, 0.3) is 5.91 Å². The van der Waals surface area contributed by atoms with Crippen LogP contribution in [0.3, 0.4) is 0 Å². The second kappa shape index (κ2) is 6.60. The fraction of sp³-hybridized carbons (Fsp3) is 0.600. The summed E-state index contributed by atoms with van der Waals surface area (Å²) < 4.78 is 77.3. The van der Waals surface area contributed by atoms with Gasteiger partial charge in [0.2, 0.25) is 0 Å². The van der Waals surface area contributed by atoms with E-state index in [1.165, 1.54) is 18.3 Å². The van der Waals surface area contributed by atoms with Crippen LogP contribution in [0.25, 0.3) is 0 Å². The summed E-state index contributed by atoms with van der Waals surface area (Å²) in [7, 11) is 0. The normalized spacial score (nSPS) is 25.4. The van der Waals surface area contributed by atoms with E-state index >= 15 is 0 Å². The van der Waals surface area contributed by atoms with Crippen molar-refractivity contribution in [2.24, 2.45) is 11.8 Å². The van der Waals surface area contributed by atoms with E-state index in [2.05, 4.69) is 10.3 Å². The van der Waals surface area contributed by atoms with Gasteiger partial charge in [0, 0.05) is 17.9 Å². The third kappa shape index (κ3) is 4.61. The fourth-order valence-corrected chi connectivity index (χ4v) is 2.84. The van der Waals surface area contributed by atoms with Crippen molar-refractivity contribution < 1.29 is 31.1 Å². The van der Waals surface area contributed by atoms with Crippen LogP contribution in [0.4, 0.5) is 26.3 Å². The predicted molar refractivity (Wildman–Crippen MR) is 73.2 cm³/mol. The number of nitrogens with one attached hydrogen (secondary N) is 1. The number of halogens is 6. The lowest BCUT2D eigenvalue weighted by Gasteiger charge is -2.36. The molecule has 0 radical (unpaired) electrons. The number of hydrogen-bond acceptors (Lipinski definition) is 2. The van der Waals surface area contributed by atoms with Crippen molar-refractivity contribution in [2.75, 3.05) is 0 Å². The van der Waals surface area contributed by atoms with Crippen LogP contribution in [0.2, 0.25) is 0 Å². The first-order valence-electron chi connectivity index (χ1n) is 7.33. The Morgan fingerprint density at radius 2 is 1.58 bits per heavy atom. The molecule has 1 heterocycles. The summed E-state index contributed by atoms with van der Waals surface area (Å²) in [5.74, 6) is -4.89. The van der Waals surface area contributed by atoms with E-state index in [-0.39, 0.29) is 5.56 Å². The third-order valence-electron chi connectivity index (χ3n) is 4.14. The molecule has 24 heavy (non-hydrogen) atoms. The first-order valence-corrected chi connectivity index (χ1v) is 7.33. The molecule has 0 aliphatic heterocycles. The minimum Gasteiger partial charge on any atom is -0.349 e. The van der Waals surface area contributed by atoms with Crippen LogP contribution >= 0.6 is 0 Å². The van der Waals surface area contributed by atoms with Gasteiger partial charge in [-0.25, -0.2) is 0 Å². The van der Waals surface area contributed by atoms with E-state index in [1.54, 1.807) is 6.92 Å². The maximum atomic E-state index is 12.9. The van der Waals surface area contributed by atoms with Crippen LogP contribution in [0.15, 0.2) is 18.3 Å². The molecule has 0 spiro atoms. The molecular formula is C15H16F6N2O. The molecule has 134 valence electrons. The van der Waals surface area contributed by atoms with E-state index in [0.29, 0.717) is 5.69 Å². The van der Waals surface area contributed by atoms with Crippen molar-refractivity contribution >= 4 is 5.91 Å². The Morgan fingerprint density at radius 1 is 1.04 bits per heavy atom. The Bertz CT molecular complexity index is 559. The molecule has 2 atom stereocenters. The van der Waals surface area contributed by atoms with E-state index < -0.39 is 55.4 Å². The maximum Gasteiger partial charge on any atom is 0.391 e. The van der Waals surface area contributed by atoms with Crippen molar-refractivity contribution in [2.45, 2.75) is 44.6 Å². The fourth-order valence-electron chi connectivity index (χ4n) is 2.84. The Kier molecular flexibility index (Phi) is 5.10. The van der Waals surface area contributed by atoms with Crippen LogP contribution in [-0.4, -0.2) is 29.3 Å². The summed E-state index contributed by atoms with van der Waals surface area (Å²) in [6, 6.07) is 1.77. The first-order chi connectivity index (χ1) is 11.0. The molecule has 2 rings (SSSR count). The number of hydrogen-bond donors (Lipinski definition) is 1. The number of aryl methyl sites for hydroxylation is 1. The summed E-state index contributed by atoms with van der Waals surface area (Å²) >= 11 is 0. The lowest BCUT2D eigenvalue weighted by Crippen LogP contribution is -2.47. The Balaban J connectivity index is 2.12. The lowest BCUT2D eigenvalue weighted by molar-refractivity contribution is -0.225. The van der Waals surface area contributed by atoms with Crippen LogP contribution in [0, 0.1) is 18.8 Å². The maximum absolute atomic E-state index is 12.9. The SMILES string of the molecule is Cc1ccc(C(=O)NC2CC(C(F)(F)F)CC(C(F)(F)F)C2)cn1. The van der Waals surface area contributed by atoms with Gasteiger partial charge in [-0.05, 0) is 38.3 Å². The van der Waals surface area contributed by atoms with Gasteiger partial charge in [0.15, 0.2) is 0 Å². The van der Waals surface area contributed by atoms with Gasteiger partial charge in [0.1, 0.15) is 0 Å². The van der Waals surface area contributed by atoms with Crippen molar-refractivity contribution in [3.8, 4) is 0 Å². The minimum absolute atomic E-state index is 0.0956. The molecule has 0 saturated heterocycles. The van der Waals surface area contributed by atoms with Crippen molar-refractivity contribution in [3.63, 3.8) is 0 Å². The second-order valence-electron chi connectivity index (χ2n) is 6.04. The zero-order valence-electron chi connectivity index (χ0n) is 12.7. The number of nitrogens with zero attached hydrogens (tertiary/aromatic N) is 1. The highest BCUT2D eigenvalue weighted by molar-refractivity contribution is 5.94. The number of rotatable bonds is 2. The number of pyridine rings is 1. The van der Waals surface area contributed by atoms with Crippen molar-refractivity contribution in [1.82, 2.24) is 10.3 Å². The van der Waals surface area contributed by atoms with Gasteiger partial charge in [0.05, 0.1) is 17.4 Å². The van der Waals surface area contributed by atoms with Gasteiger partial charge >= 0.3 is 12.4 Å². The average Bonchev–Trinajstić information content (AvgIpc) is 2.45. The van der Waals surface area contributed by atoms with Gasteiger partial charge in [-0.3, -0.25) is 9.78 Å². The molecule has 9 heteroatoms. The van der Waals surface area contributed by atoms with Crippen LogP contribution < -0.4 is 5.32 Å². The zero-order valence-corrected chi connectivity index (χ0v) is 12.7. The van der Waals surface area contributed by atoms with Crippen LogP contribution in [0.5, 0.6) is 0 Å². The standard InChI is InChI=1S/C15H16F6N2O/c1-8-2-3-9(7-22-8)13(24)23-12-5-10(14(16,17)18)4-11(6-12)15(19,20)21/h2-3,7,10-12H,4-6H2,1H3,(H,23,24). The highest BCUT2D eigenvalue weighted by atomic mass is 19.4. The quantitative estimate of drug-likeness (QED) is 0.815. The van der Waals surface area contributed by atoms with Crippen molar-refractivity contribution in [3.05, 3.63) is 29.6 Å². The topological polar surface area (TPSA) is 42.0 Å². The molecule has 1 aliphatic rings. The van der Waals surface area contributed by atoms with E-state index in [9.17, 15) is 31.1 Å². The Morgan fingerprint density at radius 3 is 2.00 bits per heavy atom. The summed E-state index contributed by atoms with van der Waals surface area (Å²) in [5.41, 5.74) is 0.733. The largest absolute Gasteiger partial charge is 0.391 e. The van der Waals surface area contributed by atoms with E-state index in [4.69, 9.17) is 0 Å². The lowest BCUT2D eigenvalue weighted by atomic mass is 9.77. The molecule has 0 bridgehead atoms. The second-order valence-corrected chi connectivity index (χ2v) is 6.04. The smallest absolute Gasteiger partial charge is 0.349 e. The molecular weight excluding hydrogens is 338 g/mol. The number of carbonyl (C=O) groups is 1. The average molecular weight is 354 g/mol. The molecule has 1 N–H and O–H groups in total. The molecule has 3 nitrogen and oxygen atoms in total. The van der Waals surface area contributed by atoms with Crippen molar-refractivity contribution in [1.29, 1.82) is 0 Å². The first kappa shape index (κ1) is 18.5. The predicted octanol–water partition coefficient (Wildman–Crippen LogP) is 4.03. The highest BCUT2D eigenvalue weighted by Crippen LogP contribution is 2.45. The molecule has 1 fully saturated rings.